The van der Waals surface area contributed by atoms with Gasteiger partial charge in [0.15, 0.2) is 0 Å². The topological polar surface area (TPSA) is 37.6 Å². The van der Waals surface area contributed by atoms with Gasteiger partial charge in [-0.25, -0.2) is 0 Å². The predicted molar refractivity (Wildman–Crippen MR) is 67.5 cm³/mol. The van der Waals surface area contributed by atoms with Crippen LogP contribution in [0.25, 0.3) is 0 Å². The van der Waals surface area contributed by atoms with Crippen LogP contribution in [0.4, 0.5) is 0 Å². The predicted octanol–water partition coefficient (Wildman–Crippen LogP) is 2.67. The molecule has 3 nitrogen and oxygen atoms in total. The Morgan fingerprint density at radius 2 is 1.61 bits per heavy atom. The van der Waals surface area contributed by atoms with Crippen LogP contribution in [0.2, 0.25) is 0 Å². The molecule has 1 aliphatic carbocycles. The van der Waals surface area contributed by atoms with Crippen LogP contribution in [-0.2, 0) is 14.2 Å². The fraction of sp³-hybridized carbons (Fsp3) is 1.00. The maximum atomic E-state index is 5.97. The fourth-order valence-corrected chi connectivity index (χ4v) is 4.00. The van der Waals surface area contributed by atoms with E-state index < -0.39 is 0 Å². The quantitative estimate of drug-likeness (QED) is 0.622. The van der Waals surface area contributed by atoms with Gasteiger partial charge in [-0.15, -0.1) is 0 Å². The molecule has 3 aliphatic heterocycles. The van der Waals surface area contributed by atoms with Gasteiger partial charge in [0, 0.05) is 6.42 Å². The van der Waals surface area contributed by atoms with E-state index in [0.29, 0.717) is 24.4 Å². The third-order valence-electron chi connectivity index (χ3n) is 5.64. The Morgan fingerprint density at radius 1 is 0.889 bits per heavy atom. The summed E-state index contributed by atoms with van der Waals surface area (Å²) in [6.45, 7) is 9.15. The zero-order valence-electron chi connectivity index (χ0n) is 11.9. The number of epoxide rings is 3. The van der Waals surface area contributed by atoms with Gasteiger partial charge >= 0.3 is 0 Å². The molecule has 6 atom stereocenters. The van der Waals surface area contributed by atoms with Gasteiger partial charge in [-0.2, -0.15) is 0 Å². The number of hydrogen-bond donors (Lipinski definition) is 0. The van der Waals surface area contributed by atoms with Gasteiger partial charge < -0.3 is 14.2 Å². The molecular weight excluding hydrogens is 228 g/mol. The van der Waals surface area contributed by atoms with Gasteiger partial charge in [-0.3, -0.25) is 0 Å². The van der Waals surface area contributed by atoms with Crippen molar-refractivity contribution in [2.24, 2.45) is 5.41 Å². The molecule has 1 saturated carbocycles. The lowest BCUT2D eigenvalue weighted by molar-refractivity contribution is 0.200. The summed E-state index contributed by atoms with van der Waals surface area (Å²) < 4.78 is 17.8. The van der Waals surface area contributed by atoms with Crippen LogP contribution in [0.3, 0.4) is 0 Å². The summed E-state index contributed by atoms with van der Waals surface area (Å²) in [5.41, 5.74) is 0.428. The molecule has 4 aliphatic rings. The van der Waals surface area contributed by atoms with E-state index >= 15 is 0 Å². The minimum Gasteiger partial charge on any atom is -0.369 e. The van der Waals surface area contributed by atoms with Crippen molar-refractivity contribution in [3.63, 3.8) is 0 Å². The van der Waals surface area contributed by atoms with Crippen LogP contribution in [0.1, 0.15) is 53.4 Å². The molecule has 0 aromatic rings. The minimum absolute atomic E-state index is 0.0839. The summed E-state index contributed by atoms with van der Waals surface area (Å²) in [5, 5.41) is 0. The number of rotatable bonds is 0. The Hall–Kier alpha value is -0.120. The second kappa shape index (κ2) is 3.13. The summed E-state index contributed by atoms with van der Waals surface area (Å²) in [4.78, 5) is 0. The highest BCUT2D eigenvalue weighted by molar-refractivity contribution is 5.12. The summed E-state index contributed by atoms with van der Waals surface area (Å²) in [7, 11) is 0. The number of fused-ring (bicyclic) bond motifs is 3. The second-order valence-corrected chi connectivity index (χ2v) is 7.87. The first kappa shape index (κ1) is 11.7. The summed E-state index contributed by atoms with van der Waals surface area (Å²) in [6, 6.07) is 0. The van der Waals surface area contributed by atoms with Crippen molar-refractivity contribution in [1.29, 1.82) is 0 Å². The first-order valence-corrected chi connectivity index (χ1v) is 7.34. The van der Waals surface area contributed by atoms with E-state index in [1.807, 2.05) is 0 Å². The minimum atomic E-state index is 0.0839. The van der Waals surface area contributed by atoms with E-state index in [2.05, 4.69) is 27.7 Å². The van der Waals surface area contributed by atoms with E-state index in [0.717, 1.165) is 25.7 Å². The van der Waals surface area contributed by atoms with Crippen molar-refractivity contribution in [3.8, 4) is 0 Å². The molecule has 0 N–H and O–H groups in total. The average molecular weight is 252 g/mol. The lowest BCUT2D eigenvalue weighted by Crippen LogP contribution is -2.26. The Morgan fingerprint density at radius 3 is 2.39 bits per heavy atom. The molecule has 0 bridgehead atoms. The van der Waals surface area contributed by atoms with Crippen molar-refractivity contribution in [2.75, 3.05) is 0 Å². The SMILES string of the molecule is CC1(C)C[C@@H]2O[C@@]2(C)CC[C@@H]2O[C@@]2(C)C[C@H]2O[C@@H]21. The summed E-state index contributed by atoms with van der Waals surface area (Å²) in [6.07, 6.45) is 6.18. The average Bonchev–Trinajstić information content (AvgIpc) is 3.14. The standard InChI is InChI=1S/C15H24O3/c1-13(2)8-11-14(3,18-11)6-5-10-15(4,17-10)7-9-12(13)16-9/h9-12H,5-8H2,1-4H3/t9-,10+,11+,12+,14+,15+/m1/s1. The molecular formula is C15H24O3. The van der Waals surface area contributed by atoms with Crippen molar-refractivity contribution < 1.29 is 14.2 Å². The highest BCUT2D eigenvalue weighted by atomic mass is 16.6. The molecule has 0 aromatic heterocycles. The van der Waals surface area contributed by atoms with Gasteiger partial charge in [0.25, 0.3) is 0 Å². The Labute approximate surface area is 109 Å². The van der Waals surface area contributed by atoms with Crippen LogP contribution in [0.15, 0.2) is 0 Å². The molecule has 0 spiro atoms. The largest absolute Gasteiger partial charge is 0.369 e. The highest BCUT2D eigenvalue weighted by Gasteiger charge is 2.64. The molecule has 102 valence electrons. The molecule has 3 heteroatoms. The van der Waals surface area contributed by atoms with Gasteiger partial charge in [0.1, 0.15) is 0 Å². The Kier molecular flexibility index (Phi) is 2.03. The van der Waals surface area contributed by atoms with Crippen molar-refractivity contribution in [2.45, 2.75) is 89.0 Å². The van der Waals surface area contributed by atoms with Crippen molar-refractivity contribution in [1.82, 2.24) is 0 Å². The lowest BCUT2D eigenvalue weighted by atomic mass is 9.80. The second-order valence-electron chi connectivity index (χ2n) is 7.87. The molecule has 0 unspecified atom stereocenters. The molecule has 0 amide bonds. The van der Waals surface area contributed by atoms with Crippen LogP contribution in [0.5, 0.6) is 0 Å². The smallest absolute Gasteiger partial charge is 0.0946 e. The van der Waals surface area contributed by atoms with Gasteiger partial charge in [0.2, 0.25) is 0 Å². The van der Waals surface area contributed by atoms with Gasteiger partial charge in [0.05, 0.1) is 35.6 Å². The third-order valence-corrected chi connectivity index (χ3v) is 5.64. The molecule has 18 heavy (non-hydrogen) atoms. The number of ether oxygens (including phenoxy) is 3. The molecule has 0 aromatic carbocycles. The van der Waals surface area contributed by atoms with Crippen LogP contribution in [0, 0.1) is 5.41 Å². The number of hydrogen-bond acceptors (Lipinski definition) is 3. The van der Waals surface area contributed by atoms with E-state index in [-0.39, 0.29) is 16.6 Å². The van der Waals surface area contributed by atoms with Gasteiger partial charge in [-0.05, 0) is 38.5 Å². The molecule has 0 radical (unpaired) electrons. The van der Waals surface area contributed by atoms with Crippen LogP contribution < -0.4 is 0 Å². The van der Waals surface area contributed by atoms with E-state index in [9.17, 15) is 0 Å². The maximum Gasteiger partial charge on any atom is 0.0946 e. The lowest BCUT2D eigenvalue weighted by Gasteiger charge is -2.22. The summed E-state index contributed by atoms with van der Waals surface area (Å²) >= 11 is 0. The Bertz CT molecular complexity index is 393. The fourth-order valence-electron chi connectivity index (χ4n) is 4.00. The normalized spacial score (nSPS) is 60.7. The van der Waals surface area contributed by atoms with E-state index in [4.69, 9.17) is 14.2 Å². The molecule has 3 heterocycles. The van der Waals surface area contributed by atoms with E-state index in [1.165, 1.54) is 0 Å². The van der Waals surface area contributed by atoms with Crippen LogP contribution >= 0.6 is 0 Å². The van der Waals surface area contributed by atoms with Crippen molar-refractivity contribution in [3.05, 3.63) is 0 Å². The zero-order valence-corrected chi connectivity index (χ0v) is 11.9. The third kappa shape index (κ3) is 1.67. The van der Waals surface area contributed by atoms with E-state index in [1.54, 1.807) is 0 Å². The van der Waals surface area contributed by atoms with Crippen LogP contribution in [-0.4, -0.2) is 35.6 Å². The molecule has 3 saturated heterocycles. The Balaban J connectivity index is 1.56. The monoisotopic (exact) mass is 252 g/mol. The zero-order chi connectivity index (χ0) is 12.8. The van der Waals surface area contributed by atoms with Crippen molar-refractivity contribution >= 4 is 0 Å². The molecule has 4 rings (SSSR count). The maximum absolute atomic E-state index is 5.97. The first-order chi connectivity index (χ1) is 8.32. The highest BCUT2D eigenvalue weighted by Crippen LogP contribution is 2.56. The van der Waals surface area contributed by atoms with Gasteiger partial charge in [-0.1, -0.05) is 13.8 Å². The first-order valence-electron chi connectivity index (χ1n) is 7.34. The summed E-state index contributed by atoms with van der Waals surface area (Å²) in [5.74, 6) is 0. The molecule has 4 fully saturated rings.